The van der Waals surface area contributed by atoms with Crippen LogP contribution >= 0.6 is 0 Å². The molecule has 13 heavy (non-hydrogen) atoms. The van der Waals surface area contributed by atoms with Crippen LogP contribution in [0.15, 0.2) is 0 Å². The van der Waals surface area contributed by atoms with Crippen LogP contribution in [-0.4, -0.2) is 36.1 Å². The van der Waals surface area contributed by atoms with Crippen molar-refractivity contribution >= 4 is 5.91 Å². The standard InChI is InChI=1S/C10H19NO2/c1-11(8-9-5-6-9)10(13)4-2-3-7-12/h9,12H,2-8H2,1H3. The smallest absolute Gasteiger partial charge is 0.222 e. The first-order valence-electron chi connectivity index (χ1n) is 5.09. The van der Waals surface area contributed by atoms with Gasteiger partial charge in [0.05, 0.1) is 0 Å². The number of carbonyl (C=O) groups excluding carboxylic acids is 1. The number of hydrogen-bond donors (Lipinski definition) is 1. The van der Waals surface area contributed by atoms with Crippen LogP contribution in [0.4, 0.5) is 0 Å². The topological polar surface area (TPSA) is 40.5 Å². The summed E-state index contributed by atoms with van der Waals surface area (Å²) >= 11 is 0. The minimum absolute atomic E-state index is 0.194. The summed E-state index contributed by atoms with van der Waals surface area (Å²) in [6, 6.07) is 0. The third-order valence-electron chi connectivity index (χ3n) is 2.45. The number of hydrogen-bond acceptors (Lipinski definition) is 2. The monoisotopic (exact) mass is 185 g/mol. The van der Waals surface area contributed by atoms with Crippen LogP contribution in [0.3, 0.4) is 0 Å². The number of rotatable bonds is 6. The molecule has 0 aromatic rings. The maximum Gasteiger partial charge on any atom is 0.222 e. The average molecular weight is 185 g/mol. The van der Waals surface area contributed by atoms with Gasteiger partial charge < -0.3 is 10.0 Å². The van der Waals surface area contributed by atoms with Gasteiger partial charge in [-0.05, 0) is 31.6 Å². The summed E-state index contributed by atoms with van der Waals surface area (Å²) in [5, 5.41) is 8.55. The predicted octanol–water partition coefficient (Wildman–Crippen LogP) is 1.02. The van der Waals surface area contributed by atoms with Crippen molar-refractivity contribution in [2.75, 3.05) is 20.2 Å². The van der Waals surface area contributed by atoms with Gasteiger partial charge in [0, 0.05) is 26.6 Å². The number of aliphatic hydroxyl groups is 1. The van der Waals surface area contributed by atoms with Crippen molar-refractivity contribution < 1.29 is 9.90 Å². The first-order chi connectivity index (χ1) is 6.24. The molecule has 0 atom stereocenters. The molecule has 0 unspecified atom stereocenters. The van der Waals surface area contributed by atoms with Gasteiger partial charge >= 0.3 is 0 Å². The molecule has 0 aromatic carbocycles. The maximum atomic E-state index is 11.4. The highest BCUT2D eigenvalue weighted by molar-refractivity contribution is 5.75. The number of aliphatic hydroxyl groups excluding tert-OH is 1. The van der Waals surface area contributed by atoms with Gasteiger partial charge in [-0.3, -0.25) is 4.79 Å². The molecule has 1 aliphatic rings. The van der Waals surface area contributed by atoms with Gasteiger partial charge in [-0.1, -0.05) is 0 Å². The van der Waals surface area contributed by atoms with E-state index < -0.39 is 0 Å². The summed E-state index contributed by atoms with van der Waals surface area (Å²) in [7, 11) is 1.87. The van der Waals surface area contributed by atoms with Crippen molar-refractivity contribution in [2.24, 2.45) is 5.92 Å². The Balaban J connectivity index is 2.05. The van der Waals surface area contributed by atoms with Crippen LogP contribution in [-0.2, 0) is 4.79 Å². The van der Waals surface area contributed by atoms with Crippen LogP contribution < -0.4 is 0 Å². The van der Waals surface area contributed by atoms with E-state index in [1.165, 1.54) is 12.8 Å². The second kappa shape index (κ2) is 5.22. The molecule has 3 nitrogen and oxygen atoms in total. The number of unbranched alkanes of at least 4 members (excludes halogenated alkanes) is 1. The molecule has 0 spiro atoms. The molecule has 1 N–H and O–H groups in total. The van der Waals surface area contributed by atoms with Crippen LogP contribution in [0.2, 0.25) is 0 Å². The third kappa shape index (κ3) is 4.27. The molecule has 3 heteroatoms. The fourth-order valence-corrected chi connectivity index (χ4v) is 1.37. The van der Waals surface area contributed by atoms with Gasteiger partial charge in [0.2, 0.25) is 5.91 Å². The van der Waals surface area contributed by atoms with Crippen molar-refractivity contribution in [2.45, 2.75) is 32.1 Å². The van der Waals surface area contributed by atoms with Crippen LogP contribution in [0, 0.1) is 5.92 Å². The highest BCUT2D eigenvalue weighted by atomic mass is 16.2. The van der Waals surface area contributed by atoms with Crippen molar-refractivity contribution in [1.82, 2.24) is 4.90 Å². The summed E-state index contributed by atoms with van der Waals surface area (Å²) in [4.78, 5) is 13.3. The Bertz CT molecular complexity index is 166. The molecule has 0 aliphatic heterocycles. The van der Waals surface area contributed by atoms with E-state index in [0.29, 0.717) is 6.42 Å². The average Bonchev–Trinajstić information content (AvgIpc) is 2.88. The molecule has 0 saturated heterocycles. The fraction of sp³-hybridized carbons (Fsp3) is 0.900. The molecule has 76 valence electrons. The van der Waals surface area contributed by atoms with E-state index in [1.54, 1.807) is 0 Å². The molecule has 1 rings (SSSR count). The largest absolute Gasteiger partial charge is 0.396 e. The molecule has 1 saturated carbocycles. The Kier molecular flexibility index (Phi) is 4.22. The Morgan fingerprint density at radius 1 is 1.46 bits per heavy atom. The van der Waals surface area contributed by atoms with Gasteiger partial charge in [0.15, 0.2) is 0 Å². The van der Waals surface area contributed by atoms with Crippen LogP contribution in [0.5, 0.6) is 0 Å². The number of amides is 1. The zero-order valence-electron chi connectivity index (χ0n) is 8.33. The fourth-order valence-electron chi connectivity index (χ4n) is 1.37. The molecule has 1 amide bonds. The molecule has 1 aliphatic carbocycles. The first-order valence-corrected chi connectivity index (χ1v) is 5.09. The lowest BCUT2D eigenvalue weighted by Gasteiger charge is -2.16. The van der Waals surface area contributed by atoms with Gasteiger partial charge in [-0.25, -0.2) is 0 Å². The normalized spacial score (nSPS) is 15.8. The predicted molar refractivity (Wildman–Crippen MR) is 51.3 cm³/mol. The van der Waals surface area contributed by atoms with Crippen molar-refractivity contribution in [3.63, 3.8) is 0 Å². The summed E-state index contributed by atoms with van der Waals surface area (Å²) in [6.45, 7) is 1.12. The molecule has 0 radical (unpaired) electrons. The lowest BCUT2D eigenvalue weighted by Crippen LogP contribution is -2.28. The van der Waals surface area contributed by atoms with Gasteiger partial charge in [0.25, 0.3) is 0 Å². The van der Waals surface area contributed by atoms with E-state index in [0.717, 1.165) is 25.3 Å². The molecular formula is C10H19NO2. The van der Waals surface area contributed by atoms with E-state index in [2.05, 4.69) is 0 Å². The minimum atomic E-state index is 0.194. The zero-order chi connectivity index (χ0) is 9.68. The molecule has 0 heterocycles. The highest BCUT2D eigenvalue weighted by Gasteiger charge is 2.24. The molecule has 1 fully saturated rings. The quantitative estimate of drug-likeness (QED) is 0.628. The number of nitrogens with zero attached hydrogens (tertiary/aromatic N) is 1. The Hall–Kier alpha value is -0.570. The van der Waals surface area contributed by atoms with Gasteiger partial charge in [0.1, 0.15) is 0 Å². The highest BCUT2D eigenvalue weighted by Crippen LogP contribution is 2.29. The lowest BCUT2D eigenvalue weighted by atomic mass is 10.2. The van der Waals surface area contributed by atoms with Crippen LogP contribution in [0.25, 0.3) is 0 Å². The third-order valence-corrected chi connectivity index (χ3v) is 2.45. The second-order valence-electron chi connectivity index (χ2n) is 3.90. The van der Waals surface area contributed by atoms with Crippen LogP contribution in [0.1, 0.15) is 32.1 Å². The number of carbonyl (C=O) groups is 1. The van der Waals surface area contributed by atoms with E-state index in [4.69, 9.17) is 5.11 Å². The first kappa shape index (κ1) is 10.5. The van der Waals surface area contributed by atoms with E-state index >= 15 is 0 Å². The van der Waals surface area contributed by atoms with Gasteiger partial charge in [-0.2, -0.15) is 0 Å². The Morgan fingerprint density at radius 2 is 2.15 bits per heavy atom. The lowest BCUT2D eigenvalue weighted by molar-refractivity contribution is -0.130. The molecular weight excluding hydrogens is 166 g/mol. The molecule has 0 aromatic heterocycles. The van der Waals surface area contributed by atoms with E-state index in [1.807, 2.05) is 11.9 Å². The summed E-state index contributed by atoms with van der Waals surface area (Å²) < 4.78 is 0. The van der Waals surface area contributed by atoms with Crippen molar-refractivity contribution in [3.8, 4) is 0 Å². The van der Waals surface area contributed by atoms with Crippen molar-refractivity contribution in [1.29, 1.82) is 0 Å². The summed E-state index contributed by atoms with van der Waals surface area (Å²) in [5.74, 6) is 0.993. The maximum absolute atomic E-state index is 11.4. The van der Waals surface area contributed by atoms with Crippen molar-refractivity contribution in [3.05, 3.63) is 0 Å². The van der Waals surface area contributed by atoms with E-state index in [9.17, 15) is 4.79 Å². The second-order valence-corrected chi connectivity index (χ2v) is 3.90. The Morgan fingerprint density at radius 3 is 2.69 bits per heavy atom. The van der Waals surface area contributed by atoms with E-state index in [-0.39, 0.29) is 12.5 Å². The van der Waals surface area contributed by atoms with Gasteiger partial charge in [-0.15, -0.1) is 0 Å². The zero-order valence-corrected chi connectivity index (χ0v) is 8.33. The summed E-state index contributed by atoms with van der Waals surface area (Å²) in [6.07, 6.45) is 4.71. The molecule has 0 bridgehead atoms. The minimum Gasteiger partial charge on any atom is -0.396 e. The Labute approximate surface area is 79.7 Å². The SMILES string of the molecule is CN(CC1CC1)C(=O)CCCCO. The summed E-state index contributed by atoms with van der Waals surface area (Å²) in [5.41, 5.74) is 0.